The van der Waals surface area contributed by atoms with Gasteiger partial charge in [0.05, 0.1) is 6.61 Å². The molecule has 1 aliphatic rings. The van der Waals surface area contributed by atoms with Crippen LogP contribution in [-0.2, 0) is 23.7 Å². The third-order valence-electron chi connectivity index (χ3n) is 4.98. The predicted molar refractivity (Wildman–Crippen MR) is 111 cm³/mol. The average Bonchev–Trinajstić information content (AvgIpc) is 2.70. The van der Waals surface area contributed by atoms with Gasteiger partial charge in [0, 0.05) is 26.4 Å². The standard InChI is InChI=1S/C22H44O6/c1-5-9-13-24-19-18(17-23)28-22(27-16-12-8-4)21(26-15-11-7-3)20(19)25-14-10-6-2/h18-23H,5-17H2,1-4H3/t18?,19-,20?,21?,22?/m1/s1. The van der Waals surface area contributed by atoms with Crippen molar-refractivity contribution in [2.45, 2.75) is 110 Å². The lowest BCUT2D eigenvalue weighted by molar-refractivity contribution is -0.322. The number of aliphatic hydroxyl groups is 1. The summed E-state index contributed by atoms with van der Waals surface area (Å²) in [5.74, 6) is 0. The molecular formula is C22H44O6. The van der Waals surface area contributed by atoms with Crippen molar-refractivity contribution in [1.82, 2.24) is 0 Å². The van der Waals surface area contributed by atoms with Crippen molar-refractivity contribution in [3.05, 3.63) is 0 Å². The highest BCUT2D eigenvalue weighted by Gasteiger charge is 2.48. The van der Waals surface area contributed by atoms with E-state index in [2.05, 4.69) is 27.7 Å². The van der Waals surface area contributed by atoms with Gasteiger partial charge in [0.1, 0.15) is 24.4 Å². The fraction of sp³-hybridized carbons (Fsp3) is 1.00. The van der Waals surface area contributed by atoms with E-state index < -0.39 is 12.4 Å². The minimum atomic E-state index is -0.543. The zero-order valence-electron chi connectivity index (χ0n) is 18.6. The van der Waals surface area contributed by atoms with Gasteiger partial charge in [-0.1, -0.05) is 53.4 Å². The number of hydrogen-bond acceptors (Lipinski definition) is 6. The Labute approximate surface area is 172 Å². The van der Waals surface area contributed by atoms with Crippen LogP contribution in [0.5, 0.6) is 0 Å². The van der Waals surface area contributed by atoms with Crippen LogP contribution in [0.3, 0.4) is 0 Å². The summed E-state index contributed by atoms with van der Waals surface area (Å²) in [6.45, 7) is 10.9. The molecule has 0 saturated carbocycles. The normalized spacial score (nSPS) is 28.0. The molecule has 0 amide bonds. The second-order valence-corrected chi connectivity index (χ2v) is 7.52. The van der Waals surface area contributed by atoms with Crippen molar-refractivity contribution in [3.63, 3.8) is 0 Å². The summed E-state index contributed by atoms with van der Waals surface area (Å²) in [6.07, 6.45) is 6.08. The molecular weight excluding hydrogens is 360 g/mol. The van der Waals surface area contributed by atoms with Crippen LogP contribution in [-0.4, -0.2) is 68.8 Å². The Morgan fingerprint density at radius 3 is 1.50 bits per heavy atom. The van der Waals surface area contributed by atoms with Crippen LogP contribution in [0.15, 0.2) is 0 Å². The van der Waals surface area contributed by atoms with Gasteiger partial charge in [-0.15, -0.1) is 0 Å². The van der Waals surface area contributed by atoms with Gasteiger partial charge in [0.2, 0.25) is 0 Å². The summed E-state index contributed by atoms with van der Waals surface area (Å²) >= 11 is 0. The summed E-state index contributed by atoms with van der Waals surface area (Å²) in [5.41, 5.74) is 0. The maximum Gasteiger partial charge on any atom is 0.186 e. The maximum absolute atomic E-state index is 9.94. The highest BCUT2D eigenvalue weighted by molar-refractivity contribution is 4.93. The van der Waals surface area contributed by atoms with E-state index in [-0.39, 0.29) is 24.9 Å². The molecule has 168 valence electrons. The molecule has 1 aliphatic heterocycles. The molecule has 6 heteroatoms. The molecule has 0 aromatic heterocycles. The van der Waals surface area contributed by atoms with E-state index in [1.165, 1.54) is 0 Å². The van der Waals surface area contributed by atoms with Crippen molar-refractivity contribution in [2.24, 2.45) is 0 Å². The molecule has 0 bridgehead atoms. The highest BCUT2D eigenvalue weighted by Crippen LogP contribution is 2.29. The van der Waals surface area contributed by atoms with E-state index in [9.17, 15) is 5.11 Å². The Hall–Kier alpha value is -0.240. The minimum absolute atomic E-state index is 0.125. The highest BCUT2D eigenvalue weighted by atomic mass is 16.7. The van der Waals surface area contributed by atoms with E-state index in [0.717, 1.165) is 51.4 Å². The van der Waals surface area contributed by atoms with Gasteiger partial charge in [-0.25, -0.2) is 0 Å². The van der Waals surface area contributed by atoms with Crippen molar-refractivity contribution < 1.29 is 28.8 Å². The maximum atomic E-state index is 9.94. The van der Waals surface area contributed by atoms with Gasteiger partial charge >= 0.3 is 0 Å². The molecule has 0 aliphatic carbocycles. The fourth-order valence-electron chi connectivity index (χ4n) is 3.16. The minimum Gasteiger partial charge on any atom is -0.394 e. The smallest absolute Gasteiger partial charge is 0.186 e. The van der Waals surface area contributed by atoms with Crippen LogP contribution in [0.2, 0.25) is 0 Å². The van der Waals surface area contributed by atoms with Crippen LogP contribution < -0.4 is 0 Å². The quantitative estimate of drug-likeness (QED) is 0.369. The van der Waals surface area contributed by atoms with Crippen LogP contribution in [0.25, 0.3) is 0 Å². The first-order valence-corrected chi connectivity index (χ1v) is 11.5. The number of unbranched alkanes of at least 4 members (excludes halogenated alkanes) is 4. The molecule has 0 spiro atoms. The molecule has 1 N–H and O–H groups in total. The second-order valence-electron chi connectivity index (χ2n) is 7.52. The summed E-state index contributed by atoms with van der Waals surface area (Å²) in [6, 6.07) is 0. The van der Waals surface area contributed by atoms with Gasteiger partial charge in [-0.3, -0.25) is 0 Å². The molecule has 0 radical (unpaired) electrons. The van der Waals surface area contributed by atoms with Gasteiger partial charge in [0.15, 0.2) is 6.29 Å². The van der Waals surface area contributed by atoms with E-state index in [1.807, 2.05) is 0 Å². The summed E-state index contributed by atoms with van der Waals surface area (Å²) in [7, 11) is 0. The average molecular weight is 405 g/mol. The lowest BCUT2D eigenvalue weighted by Crippen LogP contribution is -2.62. The summed E-state index contributed by atoms with van der Waals surface area (Å²) in [4.78, 5) is 0. The lowest BCUT2D eigenvalue weighted by Gasteiger charge is -2.45. The monoisotopic (exact) mass is 404 g/mol. The Balaban J connectivity index is 2.94. The molecule has 28 heavy (non-hydrogen) atoms. The topological polar surface area (TPSA) is 66.4 Å². The molecule has 0 aromatic carbocycles. The van der Waals surface area contributed by atoms with Crippen LogP contribution in [0, 0.1) is 0 Å². The first kappa shape index (κ1) is 25.8. The van der Waals surface area contributed by atoms with E-state index in [4.69, 9.17) is 23.7 Å². The lowest BCUT2D eigenvalue weighted by atomic mass is 9.98. The number of aliphatic hydroxyl groups excluding tert-OH is 1. The van der Waals surface area contributed by atoms with Crippen molar-refractivity contribution in [1.29, 1.82) is 0 Å². The van der Waals surface area contributed by atoms with Crippen LogP contribution in [0.1, 0.15) is 79.1 Å². The molecule has 1 saturated heterocycles. The molecule has 4 unspecified atom stereocenters. The Bertz CT molecular complexity index is 354. The molecule has 1 heterocycles. The van der Waals surface area contributed by atoms with Crippen LogP contribution in [0.4, 0.5) is 0 Å². The first-order valence-electron chi connectivity index (χ1n) is 11.5. The molecule has 0 aromatic rings. The van der Waals surface area contributed by atoms with Crippen LogP contribution >= 0.6 is 0 Å². The molecule has 6 nitrogen and oxygen atoms in total. The van der Waals surface area contributed by atoms with Gasteiger partial charge in [0.25, 0.3) is 0 Å². The largest absolute Gasteiger partial charge is 0.394 e. The third-order valence-corrected chi connectivity index (χ3v) is 4.98. The van der Waals surface area contributed by atoms with Crippen molar-refractivity contribution in [3.8, 4) is 0 Å². The van der Waals surface area contributed by atoms with Gasteiger partial charge in [-0.05, 0) is 25.7 Å². The zero-order chi connectivity index (χ0) is 20.6. The fourth-order valence-corrected chi connectivity index (χ4v) is 3.16. The van der Waals surface area contributed by atoms with Gasteiger partial charge in [-0.2, -0.15) is 0 Å². The van der Waals surface area contributed by atoms with Crippen molar-refractivity contribution in [2.75, 3.05) is 33.0 Å². The second kappa shape index (κ2) is 16.5. The predicted octanol–water partition coefficient (Wildman–Crippen LogP) is 4.08. The molecule has 1 rings (SSSR count). The van der Waals surface area contributed by atoms with E-state index >= 15 is 0 Å². The molecule has 5 atom stereocenters. The Kier molecular flexibility index (Phi) is 15.2. The van der Waals surface area contributed by atoms with Crippen molar-refractivity contribution >= 4 is 0 Å². The molecule has 1 fully saturated rings. The number of ether oxygens (including phenoxy) is 5. The SMILES string of the molecule is CCCCOC1OC(CO)[C@@H](OCCCC)C(OCCCC)C1OCCCC. The van der Waals surface area contributed by atoms with Gasteiger partial charge < -0.3 is 28.8 Å². The number of rotatable bonds is 17. The Morgan fingerprint density at radius 2 is 1.04 bits per heavy atom. The van der Waals surface area contributed by atoms with E-state index in [1.54, 1.807) is 0 Å². The van der Waals surface area contributed by atoms with E-state index in [0.29, 0.717) is 26.4 Å². The first-order chi connectivity index (χ1) is 13.7. The summed E-state index contributed by atoms with van der Waals surface area (Å²) in [5, 5.41) is 9.94. The Morgan fingerprint density at radius 1 is 0.607 bits per heavy atom. The zero-order valence-corrected chi connectivity index (χ0v) is 18.6. The summed E-state index contributed by atoms with van der Waals surface area (Å²) < 4.78 is 30.7. The number of hydrogen-bond donors (Lipinski definition) is 1. The third kappa shape index (κ3) is 9.06.